The Balaban J connectivity index is 0.960. The SMILES string of the molecule is NC(NC(NCc1ccc(-c2ccc3c(c2)-c2cccc4cccc(c24)O3)cc1)c1c2ccccc2cc2c1ccc1ccccc12)c1ccccc1-c1ccccc1. The molecule has 4 heteroatoms. The summed E-state index contributed by atoms with van der Waals surface area (Å²) in [4.78, 5) is 0. The number of nitrogens with one attached hydrogen (secondary N) is 2. The number of benzene rings is 10. The highest BCUT2D eigenvalue weighted by molar-refractivity contribution is 6.14. The summed E-state index contributed by atoms with van der Waals surface area (Å²) in [7, 11) is 0. The smallest absolute Gasteiger partial charge is 0.135 e. The first kappa shape index (κ1) is 35.1. The van der Waals surface area contributed by atoms with E-state index in [1.54, 1.807) is 0 Å². The molecule has 0 radical (unpaired) electrons. The van der Waals surface area contributed by atoms with Crippen LogP contribution in [0.15, 0.2) is 200 Å². The summed E-state index contributed by atoms with van der Waals surface area (Å²) in [5, 5.41) is 17.5. The van der Waals surface area contributed by atoms with Gasteiger partial charge in [-0.3, -0.25) is 10.6 Å². The van der Waals surface area contributed by atoms with E-state index in [-0.39, 0.29) is 6.17 Å². The van der Waals surface area contributed by atoms with Crippen molar-refractivity contribution in [2.75, 3.05) is 0 Å². The molecule has 1 aliphatic rings. The molecule has 10 aromatic rings. The van der Waals surface area contributed by atoms with Crippen LogP contribution in [0.25, 0.3) is 76.5 Å². The molecule has 0 spiro atoms. The van der Waals surface area contributed by atoms with Crippen molar-refractivity contribution >= 4 is 43.1 Å². The van der Waals surface area contributed by atoms with E-state index in [0.717, 1.165) is 44.9 Å². The summed E-state index contributed by atoms with van der Waals surface area (Å²) in [6, 6.07) is 71.3. The van der Waals surface area contributed by atoms with E-state index < -0.39 is 6.17 Å². The third kappa shape index (κ3) is 6.31. The van der Waals surface area contributed by atoms with Gasteiger partial charge in [0.15, 0.2) is 0 Å². The Labute approximate surface area is 343 Å². The van der Waals surface area contributed by atoms with Gasteiger partial charge in [0.25, 0.3) is 0 Å². The molecule has 10 aromatic carbocycles. The highest BCUT2D eigenvalue weighted by atomic mass is 16.5. The Hall–Kier alpha value is -7.08. The van der Waals surface area contributed by atoms with Gasteiger partial charge >= 0.3 is 0 Å². The molecule has 2 atom stereocenters. The Kier molecular flexibility index (Phi) is 8.75. The van der Waals surface area contributed by atoms with E-state index in [9.17, 15) is 0 Å². The molecule has 4 N–H and O–H groups in total. The predicted octanol–water partition coefficient (Wildman–Crippen LogP) is 13.4. The summed E-state index contributed by atoms with van der Waals surface area (Å²) in [5.41, 5.74) is 17.5. The lowest BCUT2D eigenvalue weighted by molar-refractivity contribution is 0.390. The second-order valence-electron chi connectivity index (χ2n) is 15.5. The van der Waals surface area contributed by atoms with Gasteiger partial charge in [-0.1, -0.05) is 176 Å². The van der Waals surface area contributed by atoms with Crippen molar-refractivity contribution in [3.05, 3.63) is 217 Å². The average Bonchev–Trinajstić information content (AvgIpc) is 3.30. The molecule has 59 heavy (non-hydrogen) atoms. The second kappa shape index (κ2) is 14.7. The maximum absolute atomic E-state index is 7.24. The molecule has 282 valence electrons. The molecule has 1 aliphatic heterocycles. The second-order valence-corrected chi connectivity index (χ2v) is 15.5. The fraction of sp³-hybridized carbons (Fsp3) is 0.0545. The van der Waals surface area contributed by atoms with Crippen molar-refractivity contribution < 1.29 is 4.74 Å². The van der Waals surface area contributed by atoms with Crippen molar-refractivity contribution in [2.45, 2.75) is 18.9 Å². The van der Waals surface area contributed by atoms with Crippen LogP contribution < -0.4 is 21.1 Å². The largest absolute Gasteiger partial charge is 0.456 e. The normalized spacial score (nSPS) is 13.0. The molecular formula is C55H41N3O. The minimum Gasteiger partial charge on any atom is -0.456 e. The van der Waals surface area contributed by atoms with Gasteiger partial charge in [-0.25, -0.2) is 0 Å². The van der Waals surface area contributed by atoms with Crippen molar-refractivity contribution in [3.63, 3.8) is 0 Å². The zero-order valence-electron chi connectivity index (χ0n) is 32.4. The Morgan fingerprint density at radius 3 is 2.00 bits per heavy atom. The molecular weight excluding hydrogens is 719 g/mol. The molecule has 0 saturated carbocycles. The maximum atomic E-state index is 7.24. The summed E-state index contributed by atoms with van der Waals surface area (Å²) in [5.74, 6) is 1.80. The third-order valence-corrected chi connectivity index (χ3v) is 12.0. The van der Waals surface area contributed by atoms with Crippen LogP contribution in [-0.4, -0.2) is 0 Å². The zero-order valence-corrected chi connectivity index (χ0v) is 32.4. The molecule has 11 rings (SSSR count). The maximum Gasteiger partial charge on any atom is 0.135 e. The summed E-state index contributed by atoms with van der Waals surface area (Å²) < 4.78 is 6.39. The van der Waals surface area contributed by atoms with Crippen molar-refractivity contribution in [1.82, 2.24) is 10.6 Å². The van der Waals surface area contributed by atoms with Crippen LogP contribution in [0.4, 0.5) is 0 Å². The van der Waals surface area contributed by atoms with Crippen LogP contribution in [0.1, 0.15) is 29.0 Å². The van der Waals surface area contributed by atoms with E-state index in [2.05, 4.69) is 205 Å². The van der Waals surface area contributed by atoms with Crippen molar-refractivity contribution in [1.29, 1.82) is 0 Å². The highest BCUT2D eigenvalue weighted by Crippen LogP contribution is 2.47. The fourth-order valence-corrected chi connectivity index (χ4v) is 9.11. The highest BCUT2D eigenvalue weighted by Gasteiger charge is 2.24. The van der Waals surface area contributed by atoms with Gasteiger partial charge in [0.2, 0.25) is 0 Å². The van der Waals surface area contributed by atoms with E-state index in [4.69, 9.17) is 10.5 Å². The molecule has 0 fully saturated rings. The van der Waals surface area contributed by atoms with Crippen LogP contribution in [0.3, 0.4) is 0 Å². The fourth-order valence-electron chi connectivity index (χ4n) is 9.11. The predicted molar refractivity (Wildman–Crippen MR) is 245 cm³/mol. The van der Waals surface area contributed by atoms with E-state index in [0.29, 0.717) is 6.54 Å². The third-order valence-electron chi connectivity index (χ3n) is 12.0. The molecule has 0 amide bonds. The Bertz CT molecular complexity index is 3190. The van der Waals surface area contributed by atoms with E-state index in [1.807, 2.05) is 6.07 Å². The molecule has 1 heterocycles. The first-order valence-electron chi connectivity index (χ1n) is 20.3. The minimum atomic E-state index is -0.466. The molecule has 0 aliphatic carbocycles. The lowest BCUT2D eigenvalue weighted by Gasteiger charge is -2.29. The molecule has 0 saturated heterocycles. The number of fused-ring (bicyclic) bond motifs is 6. The van der Waals surface area contributed by atoms with Gasteiger partial charge in [0.05, 0.1) is 12.3 Å². The summed E-state index contributed by atoms with van der Waals surface area (Å²) in [6.07, 6.45) is -0.763. The number of rotatable bonds is 9. The van der Waals surface area contributed by atoms with Crippen LogP contribution in [0, 0.1) is 0 Å². The van der Waals surface area contributed by atoms with Gasteiger partial charge < -0.3 is 10.5 Å². The average molecular weight is 760 g/mol. The number of ether oxygens (including phenoxy) is 1. The summed E-state index contributed by atoms with van der Waals surface area (Å²) in [6.45, 7) is 0.625. The van der Waals surface area contributed by atoms with Crippen LogP contribution >= 0.6 is 0 Å². The lowest BCUT2D eigenvalue weighted by Crippen LogP contribution is -2.40. The molecule has 0 bridgehead atoms. The first-order chi connectivity index (χ1) is 29.2. The summed E-state index contributed by atoms with van der Waals surface area (Å²) >= 11 is 0. The Morgan fingerprint density at radius 2 is 1.14 bits per heavy atom. The first-order valence-corrected chi connectivity index (χ1v) is 20.3. The Morgan fingerprint density at radius 1 is 0.441 bits per heavy atom. The van der Waals surface area contributed by atoms with Gasteiger partial charge in [-0.2, -0.15) is 0 Å². The monoisotopic (exact) mass is 759 g/mol. The van der Waals surface area contributed by atoms with Crippen LogP contribution in [0.5, 0.6) is 11.5 Å². The van der Waals surface area contributed by atoms with Gasteiger partial charge in [0.1, 0.15) is 11.5 Å². The number of hydrogen-bond donors (Lipinski definition) is 3. The topological polar surface area (TPSA) is 59.3 Å². The standard InChI is InChI=1S/C55H41N3O/c56-54(47-21-9-8-18-42(47)37-12-2-1-3-13-37)58-55(53-44-20-7-5-15-41(44)33-48-43-19-6-4-14-38(43)28-30-46(48)53)57-34-35-24-26-36(27-25-35)40-29-31-50-49(32-40)45-22-10-16-39-17-11-23-51(59-50)52(39)45/h1-33,54-55,57-58H,34,56H2. The minimum absolute atomic E-state index is 0.297. The molecule has 2 unspecified atom stereocenters. The van der Waals surface area contributed by atoms with E-state index in [1.165, 1.54) is 59.8 Å². The van der Waals surface area contributed by atoms with Gasteiger partial charge in [0, 0.05) is 17.5 Å². The van der Waals surface area contributed by atoms with Gasteiger partial charge in [-0.05, 0) is 106 Å². The van der Waals surface area contributed by atoms with Crippen molar-refractivity contribution in [2.24, 2.45) is 5.73 Å². The number of nitrogens with two attached hydrogens (primary N) is 1. The number of hydrogen-bond acceptors (Lipinski definition) is 4. The quantitative estimate of drug-likeness (QED) is 0.0779. The lowest BCUT2D eigenvalue weighted by atomic mass is 9.91. The van der Waals surface area contributed by atoms with Crippen molar-refractivity contribution in [3.8, 4) is 44.9 Å². The van der Waals surface area contributed by atoms with Gasteiger partial charge in [-0.15, -0.1) is 0 Å². The molecule has 4 nitrogen and oxygen atoms in total. The van der Waals surface area contributed by atoms with Crippen LogP contribution in [-0.2, 0) is 6.54 Å². The molecule has 0 aromatic heterocycles. The van der Waals surface area contributed by atoms with Crippen LogP contribution in [0.2, 0.25) is 0 Å². The zero-order chi connectivity index (χ0) is 39.3. The van der Waals surface area contributed by atoms with E-state index >= 15 is 0 Å².